The molecule has 0 spiro atoms. The number of rotatable bonds is 9. The van der Waals surface area contributed by atoms with Gasteiger partial charge in [-0.05, 0) is 38.5 Å². The summed E-state index contributed by atoms with van der Waals surface area (Å²) in [4.78, 5) is 2.33. The van der Waals surface area contributed by atoms with E-state index in [0.717, 1.165) is 32.5 Å². The Morgan fingerprint density at radius 3 is 2.56 bits per heavy atom. The molecule has 0 aliphatic heterocycles. The van der Waals surface area contributed by atoms with E-state index in [9.17, 15) is 5.11 Å². The van der Waals surface area contributed by atoms with E-state index >= 15 is 0 Å². The first-order valence-electron chi connectivity index (χ1n) is 6.83. The van der Waals surface area contributed by atoms with Crippen LogP contribution in [0.1, 0.15) is 18.9 Å². The van der Waals surface area contributed by atoms with Crippen LogP contribution in [0.3, 0.4) is 0 Å². The Hall–Kier alpha value is -0.900. The third-order valence-corrected chi connectivity index (χ3v) is 3.20. The molecule has 3 nitrogen and oxygen atoms in total. The Balaban J connectivity index is 2.19. The quantitative estimate of drug-likeness (QED) is 0.697. The molecule has 0 aromatic heterocycles. The average Bonchev–Trinajstić information content (AvgIpc) is 2.42. The Kier molecular flexibility index (Phi) is 7.65. The smallest absolute Gasteiger partial charge is 0.0585 e. The average molecular weight is 250 g/mol. The summed E-state index contributed by atoms with van der Waals surface area (Å²) in [6, 6.07) is 10.8. The summed E-state index contributed by atoms with van der Waals surface area (Å²) in [5.74, 6) is 0. The maximum Gasteiger partial charge on any atom is 0.0585 e. The number of nitrogens with zero attached hydrogens (tertiary/aromatic N) is 1. The first-order valence-corrected chi connectivity index (χ1v) is 6.83. The second kappa shape index (κ2) is 9.09. The zero-order chi connectivity index (χ0) is 13.2. The summed E-state index contributed by atoms with van der Waals surface area (Å²) in [5.41, 5.74) is 1.38. The van der Waals surface area contributed by atoms with Gasteiger partial charge in [0.2, 0.25) is 0 Å². The first kappa shape index (κ1) is 15.2. The molecule has 1 rings (SSSR count). The summed E-state index contributed by atoms with van der Waals surface area (Å²) in [6.45, 7) is 5.29. The van der Waals surface area contributed by atoms with Crippen LogP contribution in [-0.4, -0.2) is 49.3 Å². The standard InChI is InChI=1S/C15H26N2O/c1-3-16-15(13-18)10-12-17(2)11-9-14-7-5-4-6-8-14/h4-8,15-16,18H,3,9-13H2,1-2H3. The van der Waals surface area contributed by atoms with E-state index in [1.807, 2.05) is 0 Å². The molecule has 0 aliphatic rings. The van der Waals surface area contributed by atoms with Crippen molar-refractivity contribution in [3.63, 3.8) is 0 Å². The molecule has 0 saturated carbocycles. The zero-order valence-electron chi connectivity index (χ0n) is 11.6. The first-order chi connectivity index (χ1) is 8.76. The molecule has 0 bridgehead atoms. The lowest BCUT2D eigenvalue weighted by Crippen LogP contribution is -2.36. The van der Waals surface area contributed by atoms with Crippen molar-refractivity contribution < 1.29 is 5.11 Å². The van der Waals surface area contributed by atoms with Gasteiger partial charge >= 0.3 is 0 Å². The monoisotopic (exact) mass is 250 g/mol. The molecule has 0 amide bonds. The zero-order valence-corrected chi connectivity index (χ0v) is 11.6. The van der Waals surface area contributed by atoms with Gasteiger partial charge in [-0.1, -0.05) is 37.3 Å². The van der Waals surface area contributed by atoms with Crippen LogP contribution in [0, 0.1) is 0 Å². The molecule has 0 radical (unpaired) electrons. The lowest BCUT2D eigenvalue weighted by atomic mass is 10.1. The van der Waals surface area contributed by atoms with Crippen molar-refractivity contribution in [3.05, 3.63) is 35.9 Å². The van der Waals surface area contributed by atoms with Gasteiger partial charge in [-0.2, -0.15) is 0 Å². The van der Waals surface area contributed by atoms with Crippen LogP contribution in [0.25, 0.3) is 0 Å². The molecule has 3 heteroatoms. The van der Waals surface area contributed by atoms with Gasteiger partial charge in [0.05, 0.1) is 6.61 Å². The van der Waals surface area contributed by atoms with Crippen LogP contribution in [0.5, 0.6) is 0 Å². The van der Waals surface area contributed by atoms with E-state index in [0.29, 0.717) is 0 Å². The lowest BCUT2D eigenvalue weighted by Gasteiger charge is -2.21. The van der Waals surface area contributed by atoms with Crippen molar-refractivity contribution in [2.75, 3.05) is 33.3 Å². The molecule has 0 fully saturated rings. The summed E-state index contributed by atoms with van der Waals surface area (Å²) >= 11 is 0. The van der Waals surface area contributed by atoms with Crippen LogP contribution < -0.4 is 5.32 Å². The largest absolute Gasteiger partial charge is 0.395 e. The summed E-state index contributed by atoms with van der Waals surface area (Å²) in [6.07, 6.45) is 2.08. The molecule has 0 heterocycles. The van der Waals surface area contributed by atoms with Crippen molar-refractivity contribution in [2.45, 2.75) is 25.8 Å². The number of aliphatic hydroxyl groups is 1. The topological polar surface area (TPSA) is 35.5 Å². The SMILES string of the molecule is CCNC(CO)CCN(C)CCc1ccccc1. The predicted octanol–water partition coefficient (Wildman–Crippen LogP) is 1.52. The highest BCUT2D eigenvalue weighted by atomic mass is 16.3. The molecule has 2 N–H and O–H groups in total. The van der Waals surface area contributed by atoms with Gasteiger partial charge in [-0.25, -0.2) is 0 Å². The number of aliphatic hydroxyl groups excluding tert-OH is 1. The highest BCUT2D eigenvalue weighted by Crippen LogP contribution is 2.01. The van der Waals surface area contributed by atoms with Gasteiger partial charge in [0, 0.05) is 12.6 Å². The number of likely N-dealkylation sites (N-methyl/N-ethyl adjacent to an activating group) is 2. The van der Waals surface area contributed by atoms with Crippen LogP contribution in [0.4, 0.5) is 0 Å². The van der Waals surface area contributed by atoms with Gasteiger partial charge < -0.3 is 15.3 Å². The Morgan fingerprint density at radius 2 is 1.94 bits per heavy atom. The fraction of sp³-hybridized carbons (Fsp3) is 0.600. The molecular formula is C15H26N2O. The molecule has 1 aromatic carbocycles. The van der Waals surface area contributed by atoms with E-state index in [1.165, 1.54) is 5.56 Å². The Labute approximate surface area is 111 Å². The molecule has 1 unspecified atom stereocenters. The van der Waals surface area contributed by atoms with Gasteiger partial charge in [0.1, 0.15) is 0 Å². The minimum Gasteiger partial charge on any atom is -0.395 e. The number of nitrogens with one attached hydrogen (secondary N) is 1. The lowest BCUT2D eigenvalue weighted by molar-refractivity contribution is 0.219. The fourth-order valence-electron chi connectivity index (χ4n) is 2.00. The minimum absolute atomic E-state index is 0.223. The summed E-state index contributed by atoms with van der Waals surface area (Å²) < 4.78 is 0. The predicted molar refractivity (Wildman–Crippen MR) is 76.8 cm³/mol. The molecule has 18 heavy (non-hydrogen) atoms. The van der Waals surface area contributed by atoms with Crippen LogP contribution in [0.15, 0.2) is 30.3 Å². The summed E-state index contributed by atoms with van der Waals surface area (Å²) in [7, 11) is 2.14. The van der Waals surface area contributed by atoms with Crippen molar-refractivity contribution in [3.8, 4) is 0 Å². The minimum atomic E-state index is 0.223. The van der Waals surface area contributed by atoms with Gasteiger partial charge in [0.15, 0.2) is 0 Å². The second-order valence-corrected chi connectivity index (χ2v) is 4.76. The van der Waals surface area contributed by atoms with Gasteiger partial charge in [-0.15, -0.1) is 0 Å². The number of hydrogen-bond acceptors (Lipinski definition) is 3. The molecule has 1 aromatic rings. The van der Waals surface area contributed by atoms with E-state index in [1.54, 1.807) is 0 Å². The van der Waals surface area contributed by atoms with E-state index in [2.05, 4.69) is 54.5 Å². The van der Waals surface area contributed by atoms with Gasteiger partial charge in [-0.3, -0.25) is 0 Å². The number of benzene rings is 1. The fourth-order valence-corrected chi connectivity index (χ4v) is 2.00. The maximum absolute atomic E-state index is 9.20. The van der Waals surface area contributed by atoms with Crippen LogP contribution >= 0.6 is 0 Å². The molecule has 0 saturated heterocycles. The van der Waals surface area contributed by atoms with E-state index in [4.69, 9.17) is 0 Å². The van der Waals surface area contributed by atoms with Crippen molar-refractivity contribution in [1.29, 1.82) is 0 Å². The highest BCUT2D eigenvalue weighted by Gasteiger charge is 2.07. The number of hydrogen-bond donors (Lipinski definition) is 2. The third-order valence-electron chi connectivity index (χ3n) is 3.20. The van der Waals surface area contributed by atoms with Gasteiger partial charge in [0.25, 0.3) is 0 Å². The molecule has 1 atom stereocenters. The van der Waals surface area contributed by atoms with Crippen LogP contribution in [-0.2, 0) is 6.42 Å². The van der Waals surface area contributed by atoms with E-state index < -0.39 is 0 Å². The van der Waals surface area contributed by atoms with Crippen LogP contribution in [0.2, 0.25) is 0 Å². The molecule has 102 valence electrons. The summed E-state index contributed by atoms with van der Waals surface area (Å²) in [5, 5.41) is 12.5. The second-order valence-electron chi connectivity index (χ2n) is 4.76. The van der Waals surface area contributed by atoms with Crippen molar-refractivity contribution in [2.24, 2.45) is 0 Å². The molecule has 0 aliphatic carbocycles. The van der Waals surface area contributed by atoms with Crippen molar-refractivity contribution >= 4 is 0 Å². The third kappa shape index (κ3) is 6.15. The Morgan fingerprint density at radius 1 is 1.22 bits per heavy atom. The van der Waals surface area contributed by atoms with E-state index in [-0.39, 0.29) is 12.6 Å². The normalized spacial score (nSPS) is 12.9. The molecular weight excluding hydrogens is 224 g/mol. The van der Waals surface area contributed by atoms with Crippen molar-refractivity contribution in [1.82, 2.24) is 10.2 Å². The highest BCUT2D eigenvalue weighted by molar-refractivity contribution is 5.14. The maximum atomic E-state index is 9.20. The Bertz CT molecular complexity index is 303.